The summed E-state index contributed by atoms with van der Waals surface area (Å²) in [5, 5.41) is 21.5. The monoisotopic (exact) mass is 683 g/mol. The second-order valence-corrected chi connectivity index (χ2v) is 10.8. The minimum atomic E-state index is -1.48. The quantitative estimate of drug-likeness (QED) is 0.0518. The lowest BCUT2D eigenvalue weighted by Gasteiger charge is -2.17. The van der Waals surface area contributed by atoms with Crippen LogP contribution in [0.1, 0.15) is 85.4 Å². The van der Waals surface area contributed by atoms with Gasteiger partial charge >= 0.3 is 23.9 Å². The standard InChI is InChI=1S/C40H45NO9/c1-2-3-4-5-6-7-8-9-10-11-12-13-14-15-16-17-18-19-28-37(45)50-40(48)33(29-30-36(43)44)41-38(46)32-25-21-23-27-35(32)49-39(47)31-24-20-22-26-34(31)42/h3-4,6-7,9-10,12-13,15-16,18-27,33,42H,2,5,8,11,14,17,28-30H2,1H3,(H,41,46)(H,43,44)/b4-3-,7-6-,10-9-,13-12-,16-15-,19-18-. The van der Waals surface area contributed by atoms with E-state index in [-0.39, 0.29) is 35.5 Å². The molecule has 0 aliphatic rings. The molecule has 10 nitrogen and oxygen atoms in total. The fourth-order valence-electron chi connectivity index (χ4n) is 4.22. The van der Waals surface area contributed by atoms with Gasteiger partial charge in [-0.1, -0.05) is 104 Å². The van der Waals surface area contributed by atoms with E-state index in [9.17, 15) is 29.1 Å². The average molecular weight is 684 g/mol. The van der Waals surface area contributed by atoms with Crippen LogP contribution in [-0.2, 0) is 19.1 Å². The van der Waals surface area contributed by atoms with Crippen molar-refractivity contribution in [1.82, 2.24) is 5.32 Å². The van der Waals surface area contributed by atoms with Crippen molar-refractivity contribution in [3.05, 3.63) is 133 Å². The second kappa shape index (κ2) is 24.4. The van der Waals surface area contributed by atoms with Gasteiger partial charge in [-0.3, -0.25) is 14.4 Å². The predicted molar refractivity (Wildman–Crippen MR) is 192 cm³/mol. The van der Waals surface area contributed by atoms with Crippen LogP contribution in [0.3, 0.4) is 0 Å². The van der Waals surface area contributed by atoms with Gasteiger partial charge in [0.1, 0.15) is 23.1 Å². The smallest absolute Gasteiger partial charge is 0.347 e. The Labute approximate surface area is 293 Å². The SMILES string of the molecule is CC/C=C\C/C=C\C/C=C\C/C=C\C/C=C\C/C=C\CC(=O)OC(=O)C(CCC(=O)O)NC(=O)c1ccccc1OC(=O)c1ccccc1O. The molecule has 0 bridgehead atoms. The number of hydrogen-bond acceptors (Lipinski definition) is 8. The van der Waals surface area contributed by atoms with Crippen molar-refractivity contribution < 1.29 is 43.7 Å². The predicted octanol–water partition coefficient (Wildman–Crippen LogP) is 7.73. The summed E-state index contributed by atoms with van der Waals surface area (Å²) in [7, 11) is 0. The molecular weight excluding hydrogens is 638 g/mol. The number of benzene rings is 2. The molecule has 2 aromatic rings. The first kappa shape index (κ1) is 40.4. The van der Waals surface area contributed by atoms with Crippen LogP contribution >= 0.6 is 0 Å². The third-order valence-corrected chi connectivity index (χ3v) is 6.79. The Morgan fingerprint density at radius 2 is 1.20 bits per heavy atom. The van der Waals surface area contributed by atoms with Gasteiger partial charge in [-0.2, -0.15) is 0 Å². The highest BCUT2D eigenvalue weighted by atomic mass is 16.6. The van der Waals surface area contributed by atoms with E-state index >= 15 is 0 Å². The Hall–Kier alpha value is -5.77. The molecule has 2 aromatic carbocycles. The summed E-state index contributed by atoms with van der Waals surface area (Å²) >= 11 is 0. The van der Waals surface area contributed by atoms with E-state index < -0.39 is 42.2 Å². The molecule has 0 radical (unpaired) electrons. The highest BCUT2D eigenvalue weighted by Crippen LogP contribution is 2.23. The summed E-state index contributed by atoms with van der Waals surface area (Å²) < 4.78 is 10.2. The fraction of sp³-hybridized carbons (Fsp3) is 0.275. The number of rotatable bonds is 21. The summed E-state index contributed by atoms with van der Waals surface area (Å²) in [6.07, 6.45) is 28.4. The van der Waals surface area contributed by atoms with E-state index in [4.69, 9.17) is 14.6 Å². The number of phenols is 1. The number of allylic oxidation sites excluding steroid dienone is 11. The molecule has 2 rings (SSSR count). The number of esters is 3. The molecule has 0 heterocycles. The van der Waals surface area contributed by atoms with Gasteiger partial charge in [0.05, 0.1) is 12.0 Å². The molecule has 1 atom stereocenters. The Balaban J connectivity index is 1.82. The highest BCUT2D eigenvalue weighted by Gasteiger charge is 2.27. The van der Waals surface area contributed by atoms with Crippen LogP contribution in [0.2, 0.25) is 0 Å². The van der Waals surface area contributed by atoms with Crippen LogP contribution in [0.4, 0.5) is 0 Å². The van der Waals surface area contributed by atoms with Crippen LogP contribution in [0.15, 0.2) is 121 Å². The summed E-state index contributed by atoms with van der Waals surface area (Å²) in [4.78, 5) is 62.0. The lowest BCUT2D eigenvalue weighted by molar-refractivity contribution is -0.160. The number of amides is 1. The first-order valence-corrected chi connectivity index (χ1v) is 16.5. The van der Waals surface area contributed by atoms with Crippen molar-refractivity contribution in [3.8, 4) is 11.5 Å². The Bertz CT molecular complexity index is 1600. The normalized spacial score (nSPS) is 12.4. The van der Waals surface area contributed by atoms with E-state index in [2.05, 4.69) is 60.8 Å². The van der Waals surface area contributed by atoms with Crippen molar-refractivity contribution in [2.24, 2.45) is 0 Å². The number of hydrogen-bond donors (Lipinski definition) is 3. The maximum absolute atomic E-state index is 13.1. The van der Waals surface area contributed by atoms with E-state index in [1.165, 1.54) is 48.5 Å². The van der Waals surface area contributed by atoms with Gasteiger partial charge in [0, 0.05) is 6.42 Å². The Morgan fingerprint density at radius 3 is 1.74 bits per heavy atom. The zero-order chi connectivity index (χ0) is 36.4. The molecule has 1 amide bonds. The van der Waals surface area contributed by atoms with E-state index in [0.29, 0.717) is 6.42 Å². The van der Waals surface area contributed by atoms with Gasteiger partial charge < -0.3 is 25.0 Å². The van der Waals surface area contributed by atoms with Crippen molar-refractivity contribution in [2.45, 2.75) is 70.8 Å². The molecule has 3 N–H and O–H groups in total. The Kier molecular flexibility index (Phi) is 19.7. The number of aromatic hydroxyl groups is 1. The number of carboxylic acid groups (broad SMARTS) is 1. The average Bonchev–Trinajstić information content (AvgIpc) is 3.09. The molecule has 0 aliphatic carbocycles. The fourth-order valence-corrected chi connectivity index (χ4v) is 4.22. The van der Waals surface area contributed by atoms with Gasteiger partial charge in [-0.25, -0.2) is 9.59 Å². The zero-order valence-electron chi connectivity index (χ0n) is 28.2. The number of carboxylic acids is 1. The lowest BCUT2D eigenvalue weighted by Crippen LogP contribution is -2.43. The zero-order valence-corrected chi connectivity index (χ0v) is 28.2. The molecule has 0 aliphatic heterocycles. The van der Waals surface area contributed by atoms with E-state index in [1.54, 1.807) is 12.2 Å². The molecule has 10 heteroatoms. The summed E-state index contributed by atoms with van der Waals surface area (Å²) in [6, 6.07) is 9.89. The van der Waals surface area contributed by atoms with Gasteiger partial charge in [0.15, 0.2) is 0 Å². The number of carbonyl (C=O) groups excluding carboxylic acids is 4. The molecule has 0 aromatic heterocycles. The van der Waals surface area contributed by atoms with Crippen molar-refractivity contribution in [2.75, 3.05) is 0 Å². The number of nitrogens with one attached hydrogen (secondary N) is 1. The van der Waals surface area contributed by atoms with Crippen LogP contribution in [0.5, 0.6) is 11.5 Å². The third kappa shape index (κ3) is 16.9. The lowest BCUT2D eigenvalue weighted by atomic mass is 10.1. The number of carbonyl (C=O) groups is 5. The van der Waals surface area contributed by atoms with Gasteiger partial charge in [0.25, 0.3) is 5.91 Å². The molecule has 50 heavy (non-hydrogen) atoms. The molecule has 264 valence electrons. The maximum atomic E-state index is 13.1. The van der Waals surface area contributed by atoms with Crippen LogP contribution in [0.25, 0.3) is 0 Å². The van der Waals surface area contributed by atoms with Crippen molar-refractivity contribution in [3.63, 3.8) is 0 Å². The van der Waals surface area contributed by atoms with Crippen LogP contribution in [-0.4, -0.2) is 46.0 Å². The molecule has 0 saturated heterocycles. The van der Waals surface area contributed by atoms with E-state index in [1.807, 2.05) is 12.2 Å². The number of ether oxygens (including phenoxy) is 2. The van der Waals surface area contributed by atoms with Crippen LogP contribution < -0.4 is 10.1 Å². The van der Waals surface area contributed by atoms with Crippen LogP contribution in [0, 0.1) is 0 Å². The number of phenolic OH excluding ortho intramolecular Hbond substituents is 1. The third-order valence-electron chi connectivity index (χ3n) is 6.79. The first-order chi connectivity index (χ1) is 24.2. The summed E-state index contributed by atoms with van der Waals surface area (Å²) in [5.74, 6) is -5.51. The molecular formula is C40H45NO9. The summed E-state index contributed by atoms with van der Waals surface area (Å²) in [6.45, 7) is 2.12. The molecule has 1 unspecified atom stereocenters. The van der Waals surface area contributed by atoms with Gasteiger partial charge in [-0.05, 0) is 69.2 Å². The summed E-state index contributed by atoms with van der Waals surface area (Å²) in [5.41, 5.74) is -0.273. The molecule has 0 saturated carbocycles. The van der Waals surface area contributed by atoms with Gasteiger partial charge in [0.2, 0.25) is 0 Å². The topological polar surface area (TPSA) is 156 Å². The molecule has 0 fully saturated rings. The van der Waals surface area contributed by atoms with E-state index in [0.717, 1.165) is 32.1 Å². The van der Waals surface area contributed by atoms with Crippen molar-refractivity contribution >= 4 is 29.8 Å². The first-order valence-electron chi connectivity index (χ1n) is 16.5. The minimum absolute atomic E-state index is 0.129. The minimum Gasteiger partial charge on any atom is -0.507 e. The maximum Gasteiger partial charge on any atom is 0.347 e. The molecule has 0 spiro atoms. The Morgan fingerprint density at radius 1 is 0.700 bits per heavy atom. The second-order valence-electron chi connectivity index (χ2n) is 10.8. The largest absolute Gasteiger partial charge is 0.507 e. The van der Waals surface area contributed by atoms with Gasteiger partial charge in [-0.15, -0.1) is 0 Å². The number of para-hydroxylation sites is 2. The highest BCUT2D eigenvalue weighted by molar-refractivity contribution is 6.02. The van der Waals surface area contributed by atoms with Crippen molar-refractivity contribution in [1.29, 1.82) is 0 Å². The number of aliphatic carboxylic acids is 1.